The number of hydrogen-bond acceptors (Lipinski definition) is 5. The number of halogens is 1. The van der Waals surface area contributed by atoms with Crippen LogP contribution in [-0.2, 0) is 4.74 Å². The molecule has 6 nitrogen and oxygen atoms in total. The first kappa shape index (κ1) is 18.8. The minimum atomic E-state index is -0.538. The number of methoxy groups -OCH3 is 1. The number of rotatable bonds is 4. The molecule has 1 aliphatic heterocycles. The Bertz CT molecular complexity index is 806. The fraction of sp³-hybridized carbons (Fsp3) is 0.300. The van der Waals surface area contributed by atoms with Gasteiger partial charge in [0.1, 0.15) is 11.6 Å². The molecule has 2 aromatic carbocycles. The molecule has 3 rings (SSSR count). The van der Waals surface area contributed by atoms with Crippen LogP contribution < -0.4 is 4.74 Å². The Balaban J connectivity index is 1.66. The minimum Gasteiger partial charge on any atom is -0.465 e. The van der Waals surface area contributed by atoms with Crippen LogP contribution in [0.1, 0.15) is 21.8 Å². The van der Waals surface area contributed by atoms with Crippen LogP contribution >= 0.6 is 0 Å². The van der Waals surface area contributed by atoms with Gasteiger partial charge in [-0.2, -0.15) is 0 Å². The van der Waals surface area contributed by atoms with Gasteiger partial charge >= 0.3 is 12.1 Å². The molecule has 0 aromatic heterocycles. The van der Waals surface area contributed by atoms with Gasteiger partial charge in [0.05, 0.1) is 12.7 Å². The number of hydrogen-bond donors (Lipinski definition) is 1. The van der Waals surface area contributed by atoms with E-state index in [1.165, 1.54) is 48.4 Å². The van der Waals surface area contributed by atoms with Gasteiger partial charge in [0.15, 0.2) is 0 Å². The number of ether oxygens (including phenoxy) is 2. The monoisotopic (exact) mass is 373 g/mol. The Hall–Kier alpha value is -2.93. The van der Waals surface area contributed by atoms with E-state index in [2.05, 4.69) is 4.74 Å². The zero-order chi connectivity index (χ0) is 19.4. The molecule has 7 heteroatoms. The highest BCUT2D eigenvalue weighted by molar-refractivity contribution is 5.89. The average Bonchev–Trinajstić information content (AvgIpc) is 3.13. The van der Waals surface area contributed by atoms with Crippen LogP contribution in [0.5, 0.6) is 5.75 Å². The number of likely N-dealkylation sites (tertiary alicyclic amines) is 1. The third-order valence-electron chi connectivity index (χ3n) is 4.71. The van der Waals surface area contributed by atoms with Crippen LogP contribution in [0.4, 0.5) is 9.18 Å². The number of nitrogens with zero attached hydrogens (tertiary/aromatic N) is 1. The quantitative estimate of drug-likeness (QED) is 0.834. The first-order valence-corrected chi connectivity index (χ1v) is 8.53. The van der Waals surface area contributed by atoms with Crippen molar-refractivity contribution in [3.63, 3.8) is 0 Å². The van der Waals surface area contributed by atoms with Crippen LogP contribution in [0.25, 0.3) is 0 Å². The third-order valence-corrected chi connectivity index (χ3v) is 4.71. The van der Waals surface area contributed by atoms with E-state index < -0.39 is 12.1 Å². The fourth-order valence-corrected chi connectivity index (χ4v) is 3.24. The summed E-state index contributed by atoms with van der Waals surface area (Å²) >= 11 is 0. The van der Waals surface area contributed by atoms with Gasteiger partial charge in [-0.25, -0.2) is 14.0 Å². The molecular weight excluding hydrogens is 353 g/mol. The van der Waals surface area contributed by atoms with Crippen LogP contribution in [0.15, 0.2) is 48.5 Å². The largest absolute Gasteiger partial charge is 0.465 e. The maximum absolute atomic E-state index is 13.1. The highest BCUT2D eigenvalue weighted by Crippen LogP contribution is 2.33. The molecule has 1 N–H and O–H groups in total. The molecule has 27 heavy (non-hydrogen) atoms. The lowest BCUT2D eigenvalue weighted by Crippen LogP contribution is -2.32. The lowest BCUT2D eigenvalue weighted by atomic mass is 9.89. The Morgan fingerprint density at radius 3 is 2.37 bits per heavy atom. The summed E-state index contributed by atoms with van der Waals surface area (Å²) < 4.78 is 23.1. The number of aliphatic hydroxyl groups is 1. The molecule has 142 valence electrons. The van der Waals surface area contributed by atoms with Crippen LogP contribution in [0.3, 0.4) is 0 Å². The van der Waals surface area contributed by atoms with E-state index in [-0.39, 0.29) is 24.3 Å². The Kier molecular flexibility index (Phi) is 5.71. The second-order valence-corrected chi connectivity index (χ2v) is 6.39. The van der Waals surface area contributed by atoms with Crippen LogP contribution in [0, 0.1) is 11.7 Å². The average molecular weight is 373 g/mol. The van der Waals surface area contributed by atoms with Crippen molar-refractivity contribution in [2.24, 2.45) is 5.92 Å². The molecule has 0 aliphatic carbocycles. The molecule has 1 heterocycles. The minimum absolute atomic E-state index is 0.0837. The molecule has 2 atom stereocenters. The van der Waals surface area contributed by atoms with Gasteiger partial charge in [0, 0.05) is 31.5 Å². The Morgan fingerprint density at radius 2 is 1.78 bits per heavy atom. The van der Waals surface area contributed by atoms with Crippen LogP contribution in [0.2, 0.25) is 0 Å². The molecule has 0 bridgehead atoms. The summed E-state index contributed by atoms with van der Waals surface area (Å²) in [7, 11) is 1.29. The summed E-state index contributed by atoms with van der Waals surface area (Å²) in [6.07, 6.45) is -0.538. The predicted molar refractivity (Wildman–Crippen MR) is 95.1 cm³/mol. The van der Waals surface area contributed by atoms with Crippen molar-refractivity contribution < 1.29 is 28.6 Å². The van der Waals surface area contributed by atoms with Crippen molar-refractivity contribution in [3.8, 4) is 5.75 Å². The van der Waals surface area contributed by atoms with Crippen molar-refractivity contribution in [3.05, 3.63) is 65.5 Å². The van der Waals surface area contributed by atoms with Gasteiger partial charge < -0.3 is 19.5 Å². The van der Waals surface area contributed by atoms with Crippen LogP contribution in [-0.4, -0.2) is 48.9 Å². The van der Waals surface area contributed by atoms with Gasteiger partial charge in [-0.3, -0.25) is 0 Å². The number of esters is 1. The van der Waals surface area contributed by atoms with Gasteiger partial charge in [0.25, 0.3) is 0 Å². The summed E-state index contributed by atoms with van der Waals surface area (Å²) in [5.74, 6) is -0.739. The number of benzene rings is 2. The van der Waals surface area contributed by atoms with Crippen molar-refractivity contribution in [1.82, 2.24) is 4.90 Å². The Morgan fingerprint density at radius 1 is 1.11 bits per heavy atom. The summed E-state index contributed by atoms with van der Waals surface area (Å²) in [5, 5.41) is 9.65. The molecule has 1 fully saturated rings. The maximum Gasteiger partial charge on any atom is 0.415 e. The van der Waals surface area contributed by atoms with Crippen molar-refractivity contribution in [1.29, 1.82) is 0 Å². The summed E-state index contributed by atoms with van der Waals surface area (Å²) in [4.78, 5) is 25.4. The van der Waals surface area contributed by atoms with E-state index in [1.54, 1.807) is 12.1 Å². The smallest absolute Gasteiger partial charge is 0.415 e. The molecule has 0 saturated carbocycles. The fourth-order valence-electron chi connectivity index (χ4n) is 3.24. The van der Waals surface area contributed by atoms with E-state index >= 15 is 0 Å². The molecule has 0 spiro atoms. The lowest BCUT2D eigenvalue weighted by Gasteiger charge is -2.16. The molecule has 1 aliphatic rings. The van der Waals surface area contributed by atoms with Gasteiger partial charge in [0.2, 0.25) is 0 Å². The van der Waals surface area contributed by atoms with Crippen molar-refractivity contribution in [2.45, 2.75) is 5.92 Å². The molecule has 0 unspecified atom stereocenters. The first-order chi connectivity index (χ1) is 13.0. The van der Waals surface area contributed by atoms with E-state index in [9.17, 15) is 19.1 Å². The second kappa shape index (κ2) is 8.18. The predicted octanol–water partition coefficient (Wildman–Crippen LogP) is 2.82. The van der Waals surface area contributed by atoms with Gasteiger partial charge in [-0.15, -0.1) is 0 Å². The second-order valence-electron chi connectivity index (χ2n) is 6.39. The first-order valence-electron chi connectivity index (χ1n) is 8.53. The zero-order valence-electron chi connectivity index (χ0n) is 14.8. The number of carbonyl (C=O) groups excluding carboxylic acids is 2. The molecule has 0 radical (unpaired) electrons. The normalized spacial score (nSPS) is 19.0. The van der Waals surface area contributed by atoms with Gasteiger partial charge in [-0.05, 0) is 42.0 Å². The molecule has 1 saturated heterocycles. The van der Waals surface area contributed by atoms with Crippen molar-refractivity contribution in [2.75, 3.05) is 26.8 Å². The topological polar surface area (TPSA) is 76.1 Å². The summed E-state index contributed by atoms with van der Waals surface area (Å²) in [5.41, 5.74) is 1.23. The summed E-state index contributed by atoms with van der Waals surface area (Å²) in [6.45, 7) is 0.632. The Labute approximate surface area is 156 Å². The lowest BCUT2D eigenvalue weighted by molar-refractivity contribution is 0.0600. The standard InChI is InChI=1S/C20H20FNO5/c1-26-19(24)14-4-8-17(9-5-14)27-20(25)22-10-15(12-23)18(11-22)13-2-6-16(21)7-3-13/h2-9,15,18,23H,10-12H2,1H3/t15-,18-/m1/s1. The third kappa shape index (κ3) is 4.25. The van der Waals surface area contributed by atoms with E-state index in [1.807, 2.05) is 0 Å². The molecular formula is C20H20FNO5. The SMILES string of the molecule is COC(=O)c1ccc(OC(=O)N2C[C@H](CO)[C@@H](c3ccc(F)cc3)C2)cc1. The van der Waals surface area contributed by atoms with Crippen molar-refractivity contribution >= 4 is 12.1 Å². The number of amides is 1. The van der Waals surface area contributed by atoms with E-state index in [0.29, 0.717) is 24.4 Å². The molecule has 1 amide bonds. The van der Waals surface area contributed by atoms with E-state index in [0.717, 1.165) is 5.56 Å². The maximum atomic E-state index is 13.1. The van der Waals surface area contributed by atoms with E-state index in [4.69, 9.17) is 4.74 Å². The summed E-state index contributed by atoms with van der Waals surface area (Å²) in [6, 6.07) is 12.1. The molecule has 2 aromatic rings. The number of carbonyl (C=O) groups is 2. The number of aliphatic hydroxyl groups excluding tert-OH is 1. The highest BCUT2D eigenvalue weighted by Gasteiger charge is 2.36. The zero-order valence-corrected chi connectivity index (χ0v) is 14.8. The highest BCUT2D eigenvalue weighted by atomic mass is 19.1. The van der Waals surface area contributed by atoms with Gasteiger partial charge in [-0.1, -0.05) is 12.1 Å².